The lowest BCUT2D eigenvalue weighted by Crippen LogP contribution is -2.50. The van der Waals surface area contributed by atoms with E-state index in [1.54, 1.807) is 0 Å². The van der Waals surface area contributed by atoms with Gasteiger partial charge < -0.3 is 15.7 Å². The topological polar surface area (TPSA) is 64.6 Å². The summed E-state index contributed by atoms with van der Waals surface area (Å²) in [6.07, 6.45) is 7.80. The van der Waals surface area contributed by atoms with Crippen LogP contribution in [-0.4, -0.2) is 54.4 Å². The molecule has 0 spiro atoms. The van der Waals surface area contributed by atoms with Crippen LogP contribution in [0.15, 0.2) is 0 Å². The summed E-state index contributed by atoms with van der Waals surface area (Å²) >= 11 is 0. The average molecular weight is 297 g/mol. The van der Waals surface area contributed by atoms with Crippen LogP contribution in [0.25, 0.3) is 0 Å². The van der Waals surface area contributed by atoms with Gasteiger partial charge in [-0.1, -0.05) is 19.8 Å². The van der Waals surface area contributed by atoms with Gasteiger partial charge in [-0.05, 0) is 44.6 Å². The minimum absolute atomic E-state index is 0.0357. The predicted molar refractivity (Wildman–Crippen MR) is 84.3 cm³/mol. The molecule has 2 rings (SSSR count). The summed E-state index contributed by atoms with van der Waals surface area (Å²) in [5.74, 6) is 0.389. The molecule has 5 nitrogen and oxygen atoms in total. The van der Waals surface area contributed by atoms with E-state index in [4.69, 9.17) is 5.11 Å². The van der Waals surface area contributed by atoms with Gasteiger partial charge in [0.1, 0.15) is 0 Å². The average Bonchev–Trinajstić information content (AvgIpc) is 2.89. The zero-order chi connectivity index (χ0) is 15.1. The van der Waals surface area contributed by atoms with E-state index in [0.717, 1.165) is 32.2 Å². The highest BCUT2D eigenvalue weighted by Gasteiger charge is 2.36. The van der Waals surface area contributed by atoms with Crippen LogP contribution in [0.5, 0.6) is 0 Å². The Bertz CT molecular complexity index is 319. The zero-order valence-corrected chi connectivity index (χ0v) is 13.3. The van der Waals surface area contributed by atoms with Gasteiger partial charge in [0.25, 0.3) is 0 Å². The van der Waals surface area contributed by atoms with E-state index in [1.165, 1.54) is 25.8 Å². The largest absolute Gasteiger partial charge is 0.396 e. The molecule has 3 unspecified atom stereocenters. The highest BCUT2D eigenvalue weighted by Crippen LogP contribution is 2.27. The summed E-state index contributed by atoms with van der Waals surface area (Å²) in [6, 6.07) is 0.826. The number of hydrogen-bond acceptors (Lipinski definition) is 3. The van der Waals surface area contributed by atoms with E-state index in [2.05, 4.69) is 22.5 Å². The summed E-state index contributed by atoms with van der Waals surface area (Å²) in [6.45, 7) is 5.33. The van der Waals surface area contributed by atoms with Crippen molar-refractivity contribution in [2.45, 2.75) is 64.0 Å². The third-order valence-electron chi connectivity index (χ3n) is 4.96. The number of piperidine rings is 1. The molecular formula is C16H31N3O2. The van der Waals surface area contributed by atoms with E-state index in [-0.39, 0.29) is 12.6 Å². The van der Waals surface area contributed by atoms with E-state index >= 15 is 0 Å². The first kappa shape index (κ1) is 16.6. The summed E-state index contributed by atoms with van der Waals surface area (Å²) < 4.78 is 0. The van der Waals surface area contributed by atoms with E-state index in [1.807, 2.05) is 0 Å². The number of carbonyl (C=O) groups is 1. The minimum atomic E-state index is -0.0357. The molecule has 0 radical (unpaired) electrons. The summed E-state index contributed by atoms with van der Waals surface area (Å²) in [5.41, 5.74) is 0. The van der Waals surface area contributed by atoms with Gasteiger partial charge >= 0.3 is 6.03 Å². The minimum Gasteiger partial charge on any atom is -0.396 e. The lowest BCUT2D eigenvalue weighted by atomic mass is 9.99. The fraction of sp³-hybridized carbons (Fsp3) is 0.938. The molecule has 2 amide bonds. The van der Waals surface area contributed by atoms with Gasteiger partial charge in [-0.2, -0.15) is 0 Å². The number of rotatable bonds is 7. The maximum absolute atomic E-state index is 12.1. The van der Waals surface area contributed by atoms with Crippen molar-refractivity contribution < 1.29 is 9.90 Å². The number of carbonyl (C=O) groups excluding carboxylic acids is 1. The highest BCUT2D eigenvalue weighted by molar-refractivity contribution is 5.74. The lowest BCUT2D eigenvalue weighted by Gasteiger charge is -2.32. The molecule has 3 atom stereocenters. The Kier molecular flexibility index (Phi) is 6.77. The molecule has 5 heteroatoms. The molecule has 122 valence electrons. The smallest absolute Gasteiger partial charge is 0.315 e. The third-order valence-corrected chi connectivity index (χ3v) is 4.96. The number of nitrogens with one attached hydrogen (secondary N) is 2. The first-order valence-corrected chi connectivity index (χ1v) is 8.63. The molecule has 21 heavy (non-hydrogen) atoms. The number of aliphatic hydroxyl groups excluding tert-OH is 1. The number of hydrogen-bond donors (Lipinski definition) is 3. The molecule has 2 aliphatic heterocycles. The van der Waals surface area contributed by atoms with Gasteiger partial charge in [-0.3, -0.25) is 4.90 Å². The Labute approximate surface area is 128 Å². The van der Waals surface area contributed by atoms with Gasteiger partial charge in [0.15, 0.2) is 0 Å². The van der Waals surface area contributed by atoms with Crippen LogP contribution in [0, 0.1) is 5.92 Å². The van der Waals surface area contributed by atoms with Gasteiger partial charge in [-0.15, -0.1) is 0 Å². The monoisotopic (exact) mass is 297 g/mol. The summed E-state index contributed by atoms with van der Waals surface area (Å²) in [4.78, 5) is 14.6. The maximum atomic E-state index is 12.1. The van der Waals surface area contributed by atoms with Crippen molar-refractivity contribution in [3.63, 3.8) is 0 Å². The van der Waals surface area contributed by atoms with Crippen LogP contribution in [0.4, 0.5) is 4.79 Å². The maximum Gasteiger partial charge on any atom is 0.315 e. The fourth-order valence-electron chi connectivity index (χ4n) is 3.81. The Morgan fingerprint density at radius 2 is 2.14 bits per heavy atom. The van der Waals surface area contributed by atoms with Gasteiger partial charge in [0.05, 0.1) is 0 Å². The molecule has 0 aliphatic carbocycles. The van der Waals surface area contributed by atoms with Gasteiger partial charge in [-0.25, -0.2) is 4.79 Å². The van der Waals surface area contributed by atoms with Crippen molar-refractivity contribution in [3.05, 3.63) is 0 Å². The van der Waals surface area contributed by atoms with Crippen molar-refractivity contribution in [1.29, 1.82) is 0 Å². The van der Waals surface area contributed by atoms with Crippen LogP contribution < -0.4 is 10.6 Å². The van der Waals surface area contributed by atoms with Crippen molar-refractivity contribution in [2.75, 3.05) is 26.2 Å². The molecule has 0 aromatic rings. The quantitative estimate of drug-likeness (QED) is 0.670. The Morgan fingerprint density at radius 3 is 2.90 bits per heavy atom. The van der Waals surface area contributed by atoms with Crippen LogP contribution in [0.2, 0.25) is 0 Å². The van der Waals surface area contributed by atoms with Crippen LogP contribution >= 0.6 is 0 Å². The molecule has 2 heterocycles. The van der Waals surface area contributed by atoms with Crippen LogP contribution in [-0.2, 0) is 0 Å². The fourth-order valence-corrected chi connectivity index (χ4v) is 3.81. The molecule has 2 aliphatic rings. The molecular weight excluding hydrogens is 266 g/mol. The predicted octanol–water partition coefficient (Wildman–Crippen LogP) is 1.71. The van der Waals surface area contributed by atoms with Crippen molar-refractivity contribution in [2.24, 2.45) is 5.92 Å². The number of amides is 2. The molecule has 0 aromatic heterocycles. The van der Waals surface area contributed by atoms with Crippen LogP contribution in [0.3, 0.4) is 0 Å². The molecule has 0 bridgehead atoms. The number of aliphatic hydroxyl groups is 1. The lowest BCUT2D eigenvalue weighted by molar-refractivity contribution is 0.178. The molecule has 0 saturated carbocycles. The second-order valence-corrected chi connectivity index (χ2v) is 6.52. The Morgan fingerprint density at radius 1 is 1.29 bits per heavy atom. The summed E-state index contributed by atoms with van der Waals surface area (Å²) in [7, 11) is 0. The second kappa shape index (κ2) is 8.59. The highest BCUT2D eigenvalue weighted by atomic mass is 16.3. The van der Waals surface area contributed by atoms with Crippen molar-refractivity contribution >= 4 is 6.03 Å². The molecule has 3 N–H and O–H groups in total. The normalized spacial score (nSPS) is 27.1. The van der Waals surface area contributed by atoms with Crippen molar-refractivity contribution in [1.82, 2.24) is 15.5 Å². The Balaban J connectivity index is 1.71. The first-order chi connectivity index (χ1) is 10.2. The SMILES string of the molecule is CCCC(CCO)CNC(=O)NC1CCN2CCCCC12. The third kappa shape index (κ3) is 4.85. The van der Waals surface area contributed by atoms with Crippen molar-refractivity contribution in [3.8, 4) is 0 Å². The van der Waals surface area contributed by atoms with E-state index in [9.17, 15) is 4.79 Å². The summed E-state index contributed by atoms with van der Waals surface area (Å²) in [5, 5.41) is 15.2. The molecule has 2 fully saturated rings. The molecule has 2 saturated heterocycles. The van der Waals surface area contributed by atoms with Crippen LogP contribution in [0.1, 0.15) is 51.9 Å². The standard InChI is InChI=1S/C16H31N3O2/c1-2-5-13(8-11-20)12-17-16(21)18-14-7-10-19-9-4-3-6-15(14)19/h13-15,20H,2-12H2,1H3,(H2,17,18,21). The number of fused-ring (bicyclic) bond motifs is 1. The van der Waals surface area contributed by atoms with E-state index in [0.29, 0.717) is 24.5 Å². The zero-order valence-electron chi connectivity index (χ0n) is 13.3. The number of nitrogens with zero attached hydrogens (tertiary/aromatic N) is 1. The van der Waals surface area contributed by atoms with Gasteiger partial charge in [0.2, 0.25) is 0 Å². The second-order valence-electron chi connectivity index (χ2n) is 6.52. The number of urea groups is 1. The Hall–Kier alpha value is -0.810. The first-order valence-electron chi connectivity index (χ1n) is 8.63. The van der Waals surface area contributed by atoms with Gasteiger partial charge in [0, 0.05) is 31.8 Å². The van der Waals surface area contributed by atoms with E-state index < -0.39 is 0 Å². The molecule has 0 aromatic carbocycles.